The highest BCUT2D eigenvalue weighted by Gasteiger charge is 2.04. The van der Waals surface area contributed by atoms with Crippen molar-refractivity contribution >= 4 is 11.0 Å². The Balaban J connectivity index is 1.91. The van der Waals surface area contributed by atoms with E-state index in [1.807, 2.05) is 54.6 Å². The number of aromatic amines is 1. The van der Waals surface area contributed by atoms with Gasteiger partial charge in [0.15, 0.2) is 0 Å². The van der Waals surface area contributed by atoms with E-state index in [4.69, 9.17) is 0 Å². The number of aromatic nitrogens is 2. The lowest BCUT2D eigenvalue weighted by molar-refractivity contribution is 0.827. The zero-order chi connectivity index (χ0) is 12.4. The molecule has 0 aliphatic heterocycles. The van der Waals surface area contributed by atoms with Crippen LogP contribution in [0, 0.1) is 0 Å². The van der Waals surface area contributed by atoms with Crippen molar-refractivity contribution in [3.63, 3.8) is 0 Å². The molecule has 0 atom stereocenters. The predicted molar refractivity (Wildman–Crippen MR) is 72.1 cm³/mol. The molecule has 0 saturated heterocycles. The molecule has 0 aliphatic carbocycles. The second-order valence-electron chi connectivity index (χ2n) is 4.10. The third-order valence-electron chi connectivity index (χ3n) is 2.87. The Morgan fingerprint density at radius 1 is 1.00 bits per heavy atom. The number of benzene rings is 2. The maximum absolute atomic E-state index is 11.8. The number of hydrogen-bond acceptors (Lipinski definition) is 2. The summed E-state index contributed by atoms with van der Waals surface area (Å²) < 4.78 is 1.54. The topological polar surface area (TPSA) is 49.8 Å². The largest absolute Gasteiger partial charge is 0.345 e. The van der Waals surface area contributed by atoms with Crippen LogP contribution >= 0.6 is 0 Å². The molecule has 0 aliphatic rings. The van der Waals surface area contributed by atoms with Gasteiger partial charge in [0.05, 0.1) is 17.6 Å². The fourth-order valence-corrected chi connectivity index (χ4v) is 1.98. The first-order valence-corrected chi connectivity index (χ1v) is 5.82. The SMILES string of the molecule is O=c1[nH]c2ccccc2n1NCc1ccccc1. The summed E-state index contributed by atoms with van der Waals surface area (Å²) in [4.78, 5) is 14.6. The summed E-state index contributed by atoms with van der Waals surface area (Å²) in [5.74, 6) is 0. The van der Waals surface area contributed by atoms with Crippen LogP contribution in [0.25, 0.3) is 11.0 Å². The first-order valence-electron chi connectivity index (χ1n) is 5.82. The van der Waals surface area contributed by atoms with Crippen molar-refractivity contribution in [1.29, 1.82) is 0 Å². The quantitative estimate of drug-likeness (QED) is 0.735. The number of rotatable bonds is 3. The first kappa shape index (κ1) is 10.7. The van der Waals surface area contributed by atoms with Crippen molar-refractivity contribution in [2.45, 2.75) is 6.54 Å². The fraction of sp³-hybridized carbons (Fsp3) is 0.0714. The number of nitrogens with zero attached hydrogens (tertiary/aromatic N) is 1. The van der Waals surface area contributed by atoms with E-state index >= 15 is 0 Å². The summed E-state index contributed by atoms with van der Waals surface area (Å²) in [5.41, 5.74) is 5.81. The smallest absolute Gasteiger partial charge is 0.317 e. The maximum Gasteiger partial charge on any atom is 0.345 e. The number of imidazole rings is 1. The summed E-state index contributed by atoms with van der Waals surface area (Å²) in [6, 6.07) is 17.6. The number of para-hydroxylation sites is 2. The van der Waals surface area contributed by atoms with Crippen molar-refractivity contribution in [3.05, 3.63) is 70.6 Å². The van der Waals surface area contributed by atoms with Gasteiger partial charge in [0, 0.05) is 0 Å². The van der Waals surface area contributed by atoms with E-state index in [2.05, 4.69) is 10.4 Å². The average molecular weight is 239 g/mol. The zero-order valence-electron chi connectivity index (χ0n) is 9.76. The molecule has 0 unspecified atom stereocenters. The van der Waals surface area contributed by atoms with Gasteiger partial charge in [0.2, 0.25) is 0 Å². The molecule has 2 aromatic carbocycles. The van der Waals surface area contributed by atoms with Crippen LogP contribution in [0.5, 0.6) is 0 Å². The van der Waals surface area contributed by atoms with Crippen LogP contribution in [0.3, 0.4) is 0 Å². The number of H-pyrrole nitrogens is 1. The lowest BCUT2D eigenvalue weighted by Gasteiger charge is -2.07. The van der Waals surface area contributed by atoms with Crippen LogP contribution in [-0.4, -0.2) is 9.66 Å². The van der Waals surface area contributed by atoms with E-state index in [-0.39, 0.29) is 5.69 Å². The van der Waals surface area contributed by atoms with Crippen LogP contribution < -0.4 is 11.1 Å². The highest BCUT2D eigenvalue weighted by atomic mass is 16.2. The molecule has 0 amide bonds. The number of nitrogens with one attached hydrogen (secondary N) is 2. The summed E-state index contributed by atoms with van der Waals surface area (Å²) in [6.07, 6.45) is 0. The molecule has 0 saturated carbocycles. The van der Waals surface area contributed by atoms with Gasteiger partial charge in [-0.3, -0.25) is 0 Å². The summed E-state index contributed by atoms with van der Waals surface area (Å²) in [5, 5.41) is 0. The van der Waals surface area contributed by atoms with E-state index in [0.29, 0.717) is 6.54 Å². The Hall–Kier alpha value is -2.49. The molecule has 0 bridgehead atoms. The Kier molecular flexibility index (Phi) is 2.61. The fourth-order valence-electron chi connectivity index (χ4n) is 1.98. The zero-order valence-corrected chi connectivity index (χ0v) is 9.76. The molecule has 1 aromatic heterocycles. The Labute approximate surface area is 104 Å². The van der Waals surface area contributed by atoms with Gasteiger partial charge < -0.3 is 10.4 Å². The van der Waals surface area contributed by atoms with E-state index < -0.39 is 0 Å². The van der Waals surface area contributed by atoms with Crippen molar-refractivity contribution in [2.75, 3.05) is 5.43 Å². The molecule has 2 N–H and O–H groups in total. The normalized spacial score (nSPS) is 10.7. The molecular formula is C14H13N3O. The third-order valence-corrected chi connectivity index (χ3v) is 2.87. The van der Waals surface area contributed by atoms with E-state index in [1.165, 1.54) is 0 Å². The molecule has 90 valence electrons. The van der Waals surface area contributed by atoms with Crippen LogP contribution in [0.15, 0.2) is 59.4 Å². The van der Waals surface area contributed by atoms with Gasteiger partial charge in [-0.2, -0.15) is 0 Å². The van der Waals surface area contributed by atoms with Crippen LogP contribution in [0.2, 0.25) is 0 Å². The number of fused-ring (bicyclic) bond motifs is 1. The van der Waals surface area contributed by atoms with Gasteiger partial charge in [0.1, 0.15) is 0 Å². The highest BCUT2D eigenvalue weighted by Crippen LogP contribution is 2.07. The van der Waals surface area contributed by atoms with Gasteiger partial charge >= 0.3 is 5.69 Å². The lowest BCUT2D eigenvalue weighted by Crippen LogP contribution is -2.26. The molecule has 18 heavy (non-hydrogen) atoms. The van der Waals surface area contributed by atoms with E-state index in [0.717, 1.165) is 16.6 Å². The molecule has 0 radical (unpaired) electrons. The molecule has 4 nitrogen and oxygen atoms in total. The predicted octanol–water partition coefficient (Wildman–Crippen LogP) is 2.07. The van der Waals surface area contributed by atoms with Gasteiger partial charge in [-0.1, -0.05) is 42.5 Å². The molecule has 1 heterocycles. The third kappa shape index (κ3) is 1.88. The summed E-state index contributed by atoms with van der Waals surface area (Å²) in [7, 11) is 0. The van der Waals surface area contributed by atoms with Gasteiger partial charge in [-0.25, -0.2) is 9.47 Å². The van der Waals surface area contributed by atoms with Crippen LogP contribution in [0.1, 0.15) is 5.56 Å². The maximum atomic E-state index is 11.8. The Morgan fingerprint density at radius 3 is 2.56 bits per heavy atom. The molecule has 3 rings (SSSR count). The minimum Gasteiger partial charge on any atom is -0.317 e. The molecule has 4 heteroatoms. The Bertz CT molecular complexity index is 712. The monoisotopic (exact) mass is 239 g/mol. The van der Waals surface area contributed by atoms with Crippen molar-refractivity contribution in [1.82, 2.24) is 9.66 Å². The second-order valence-corrected chi connectivity index (χ2v) is 4.10. The van der Waals surface area contributed by atoms with Gasteiger partial charge in [-0.15, -0.1) is 0 Å². The summed E-state index contributed by atoms with van der Waals surface area (Å²) >= 11 is 0. The minimum absolute atomic E-state index is 0.146. The second kappa shape index (κ2) is 4.41. The van der Waals surface area contributed by atoms with Crippen LogP contribution in [-0.2, 0) is 6.54 Å². The minimum atomic E-state index is -0.146. The summed E-state index contributed by atoms with van der Waals surface area (Å²) in [6.45, 7) is 0.614. The average Bonchev–Trinajstić information content (AvgIpc) is 2.73. The van der Waals surface area contributed by atoms with Crippen molar-refractivity contribution in [3.8, 4) is 0 Å². The first-order chi connectivity index (χ1) is 8.84. The van der Waals surface area contributed by atoms with Gasteiger partial charge in [-0.05, 0) is 17.7 Å². The molecule has 3 aromatic rings. The molecule has 0 spiro atoms. The lowest BCUT2D eigenvalue weighted by atomic mass is 10.2. The van der Waals surface area contributed by atoms with Crippen molar-refractivity contribution < 1.29 is 0 Å². The van der Waals surface area contributed by atoms with E-state index in [9.17, 15) is 4.79 Å². The number of hydrogen-bond donors (Lipinski definition) is 2. The molecular weight excluding hydrogens is 226 g/mol. The Morgan fingerprint density at radius 2 is 1.72 bits per heavy atom. The van der Waals surface area contributed by atoms with Crippen LogP contribution in [0.4, 0.5) is 0 Å². The van der Waals surface area contributed by atoms with E-state index in [1.54, 1.807) is 4.68 Å². The molecule has 0 fully saturated rings. The van der Waals surface area contributed by atoms with Crippen molar-refractivity contribution in [2.24, 2.45) is 0 Å². The van der Waals surface area contributed by atoms with Gasteiger partial charge in [0.25, 0.3) is 0 Å². The standard InChI is InChI=1S/C14H13N3O/c18-14-16-12-8-4-5-9-13(12)17(14)15-10-11-6-2-1-3-7-11/h1-9,15H,10H2,(H,16,18). The highest BCUT2D eigenvalue weighted by molar-refractivity contribution is 5.75.